The number of phenols is 1. The molecule has 0 radical (unpaired) electrons. The lowest BCUT2D eigenvalue weighted by Gasteiger charge is -2.27. The third-order valence-corrected chi connectivity index (χ3v) is 6.07. The van der Waals surface area contributed by atoms with Crippen LogP contribution < -0.4 is 44.0 Å². The van der Waals surface area contributed by atoms with Crippen LogP contribution >= 0.6 is 12.4 Å². The quantitative estimate of drug-likeness (QED) is 0.152. The van der Waals surface area contributed by atoms with Crippen LogP contribution in [0, 0.1) is 0 Å². The molecule has 13 N–H and O–H groups in total. The number of phenolic OH excluding ortho intramolecular Hbond substituents is 1. The van der Waals surface area contributed by atoms with Crippen molar-refractivity contribution in [3.05, 3.63) is 54.1 Å². The molecule has 0 saturated carbocycles. The van der Waals surface area contributed by atoms with Crippen molar-refractivity contribution in [2.45, 2.75) is 32.1 Å². The van der Waals surface area contributed by atoms with Crippen molar-refractivity contribution in [1.29, 1.82) is 0 Å². The predicted octanol–water partition coefficient (Wildman–Crippen LogP) is 5.60. The number of nitrogens with two attached hydrogens (primary N) is 1. The highest BCUT2D eigenvalue weighted by molar-refractivity contribution is 5.94. The summed E-state index contributed by atoms with van der Waals surface area (Å²) < 4.78 is 5.33. The average Bonchev–Trinajstić information content (AvgIpc) is 3.46. The molecule has 1 aromatic heterocycles. The van der Waals surface area contributed by atoms with E-state index in [1.165, 1.54) is 25.6 Å². The maximum atomic E-state index is 12.5. The molecule has 230 valence electrons. The minimum absolute atomic E-state index is 0. The number of carbonyl (C=O) groups excluding carboxylic acids is 1. The van der Waals surface area contributed by atoms with Gasteiger partial charge in [-0.15, -0.1) is 12.4 Å². The second-order valence-electron chi connectivity index (χ2n) is 8.56. The van der Waals surface area contributed by atoms with E-state index >= 15 is 0 Å². The number of nitrogens with one attached hydrogen (secondary N) is 1. The molecule has 5 rings (SSSR count). The number of benzene rings is 2. The largest absolute Gasteiger partial charge is 0.507 e. The van der Waals surface area contributed by atoms with Crippen LogP contribution in [0.4, 0.5) is 23.5 Å². The molecule has 0 amide bonds. The molecule has 13 nitrogen and oxygen atoms in total. The first-order valence-electron chi connectivity index (χ1n) is 12.4. The fourth-order valence-electron chi connectivity index (χ4n) is 4.27. The lowest BCUT2D eigenvalue weighted by Crippen LogP contribution is -2.32. The Morgan fingerprint density at radius 2 is 1.38 bits per heavy atom. The van der Waals surface area contributed by atoms with Crippen molar-refractivity contribution in [2.75, 3.05) is 48.3 Å². The molecule has 0 spiro atoms. The van der Waals surface area contributed by atoms with Gasteiger partial charge in [0.25, 0.3) is 0 Å². The highest BCUT2D eigenvalue weighted by atomic mass is 35.5. The molecule has 0 atom stereocenters. The number of halogens is 1. The number of aromatic nitrogens is 3. The number of hydrogen-bond donors (Lipinski definition) is 6. The Hall–Kier alpha value is -3.75. The minimum atomic E-state index is -0.626. The highest BCUT2D eigenvalue weighted by Gasteiger charge is 2.21. The van der Waals surface area contributed by atoms with Gasteiger partial charge in [0, 0.05) is 43.6 Å². The number of hydrogen-bond acceptors (Lipinski definition) is 13. The topological polar surface area (TPSA) is 235 Å². The van der Waals surface area contributed by atoms with E-state index in [-0.39, 0.29) is 47.9 Å². The van der Waals surface area contributed by atoms with E-state index in [1.54, 1.807) is 30.3 Å². The molecule has 3 heterocycles. The van der Waals surface area contributed by atoms with Crippen LogP contribution in [-0.2, 0) is 0 Å². The van der Waals surface area contributed by atoms with Gasteiger partial charge in [-0.25, -0.2) is 4.79 Å². The minimum Gasteiger partial charge on any atom is -0.507 e. The monoisotopic (exact) mass is 586 g/mol. The fourth-order valence-corrected chi connectivity index (χ4v) is 4.27. The van der Waals surface area contributed by atoms with E-state index in [0.717, 1.165) is 51.9 Å². The Morgan fingerprint density at radius 1 is 0.850 bits per heavy atom. The van der Waals surface area contributed by atoms with Gasteiger partial charge >= 0.3 is 5.97 Å². The standard InChI is InChI=1S/C25H28N6O3.CH5N.ClH.3H3N.4H2/c32-21-17-18(11-12-20(21)22(33)34-19-9-3-1-4-10-19)26-23-27-24(30-13-5-2-6-14-30)29-25(28-23)31-15-7-8-16-31;1-2;;;;;;;;/h1,3-4,9-12,17,32H,2,5-8,13-16H2,(H,26,27,28,29);2H2,1H3;1H;3*1H3;4*1H. The molecule has 14 heteroatoms. The summed E-state index contributed by atoms with van der Waals surface area (Å²) in [4.78, 5) is 30.9. The number of para-hydroxylation sites is 1. The van der Waals surface area contributed by atoms with Crippen LogP contribution in [0.15, 0.2) is 48.5 Å². The molecular formula is C26H51ClN10O3. The number of anilines is 4. The maximum absolute atomic E-state index is 12.5. The SMILES string of the molecule is CN.Cl.N.N.N.O=C(Oc1ccccc1)c1ccc(Nc2nc(N3CCCCC3)nc(N3CCCC3)n2)cc1O.[HH].[HH].[HH].[HH]. The van der Waals surface area contributed by atoms with Crippen LogP contribution in [0.25, 0.3) is 0 Å². The summed E-state index contributed by atoms with van der Waals surface area (Å²) in [7, 11) is 1.50. The van der Waals surface area contributed by atoms with Crippen molar-refractivity contribution in [1.82, 2.24) is 33.4 Å². The molecule has 2 saturated heterocycles. The second kappa shape index (κ2) is 17.8. The Bertz CT molecular complexity index is 1180. The molecule has 0 aliphatic carbocycles. The third-order valence-electron chi connectivity index (χ3n) is 6.07. The molecule has 2 aliphatic rings. The number of carbonyl (C=O) groups is 1. The Labute approximate surface area is 247 Å². The zero-order chi connectivity index (χ0) is 25.3. The normalized spacial score (nSPS) is 13.7. The number of piperidine rings is 1. The van der Waals surface area contributed by atoms with Gasteiger partial charge in [-0.05, 0) is 63.4 Å². The van der Waals surface area contributed by atoms with Gasteiger partial charge in [0.15, 0.2) is 0 Å². The molecule has 0 unspecified atom stereocenters. The summed E-state index contributed by atoms with van der Waals surface area (Å²) in [5.41, 5.74) is 5.15. The lowest BCUT2D eigenvalue weighted by atomic mass is 10.1. The summed E-state index contributed by atoms with van der Waals surface area (Å²) in [5, 5.41) is 13.7. The molecule has 0 bridgehead atoms. The number of nitrogens with zero attached hydrogens (tertiary/aromatic N) is 5. The fraction of sp³-hybridized carbons (Fsp3) is 0.385. The van der Waals surface area contributed by atoms with E-state index in [9.17, 15) is 9.90 Å². The number of ether oxygens (including phenoxy) is 1. The Morgan fingerprint density at radius 3 is 1.90 bits per heavy atom. The van der Waals surface area contributed by atoms with Crippen molar-refractivity contribution < 1.29 is 20.3 Å². The zero-order valence-electron chi connectivity index (χ0n) is 23.1. The van der Waals surface area contributed by atoms with Crippen molar-refractivity contribution >= 4 is 41.9 Å². The van der Waals surface area contributed by atoms with E-state index < -0.39 is 5.97 Å². The van der Waals surface area contributed by atoms with Crippen LogP contribution in [0.3, 0.4) is 0 Å². The average molecular weight is 587 g/mol. The van der Waals surface area contributed by atoms with Crippen molar-refractivity contribution in [2.24, 2.45) is 5.73 Å². The highest BCUT2D eigenvalue weighted by Crippen LogP contribution is 2.27. The number of aromatic hydroxyl groups is 1. The Kier molecular flexibility index (Phi) is 16.1. The number of rotatable bonds is 6. The molecule has 2 aromatic carbocycles. The number of esters is 1. The van der Waals surface area contributed by atoms with E-state index in [0.29, 0.717) is 29.3 Å². The molecule has 40 heavy (non-hydrogen) atoms. The van der Waals surface area contributed by atoms with E-state index in [4.69, 9.17) is 9.72 Å². The summed E-state index contributed by atoms with van der Waals surface area (Å²) in [6.07, 6.45) is 5.73. The summed E-state index contributed by atoms with van der Waals surface area (Å²) in [5.74, 6) is 1.36. The van der Waals surface area contributed by atoms with Gasteiger partial charge in [-0.3, -0.25) is 0 Å². The van der Waals surface area contributed by atoms with Crippen LogP contribution in [-0.4, -0.2) is 59.3 Å². The summed E-state index contributed by atoms with van der Waals surface area (Å²) in [6.45, 7) is 3.73. The molecular weight excluding hydrogens is 536 g/mol. The van der Waals surface area contributed by atoms with Crippen molar-refractivity contribution in [3.8, 4) is 11.5 Å². The van der Waals surface area contributed by atoms with Gasteiger partial charge in [0.1, 0.15) is 17.1 Å². The Balaban J connectivity index is -0.000000497. The van der Waals surface area contributed by atoms with Crippen LogP contribution in [0.2, 0.25) is 0 Å². The second-order valence-corrected chi connectivity index (χ2v) is 8.56. The van der Waals surface area contributed by atoms with Gasteiger partial charge in [0.2, 0.25) is 17.8 Å². The van der Waals surface area contributed by atoms with Gasteiger partial charge < -0.3 is 49.1 Å². The summed E-state index contributed by atoms with van der Waals surface area (Å²) >= 11 is 0. The first kappa shape index (κ1) is 36.2. The molecule has 2 aliphatic heterocycles. The molecule has 3 aromatic rings. The van der Waals surface area contributed by atoms with E-state index in [2.05, 4.69) is 30.8 Å². The van der Waals surface area contributed by atoms with Crippen LogP contribution in [0.1, 0.15) is 48.2 Å². The zero-order valence-corrected chi connectivity index (χ0v) is 23.9. The van der Waals surface area contributed by atoms with Crippen molar-refractivity contribution in [3.63, 3.8) is 0 Å². The first-order valence-corrected chi connectivity index (χ1v) is 12.4. The van der Waals surface area contributed by atoms with E-state index in [1.807, 2.05) is 6.07 Å². The third kappa shape index (κ3) is 9.17. The maximum Gasteiger partial charge on any atom is 0.347 e. The summed E-state index contributed by atoms with van der Waals surface area (Å²) in [6, 6.07) is 13.5. The lowest BCUT2D eigenvalue weighted by molar-refractivity contribution is 0.0731. The predicted molar refractivity (Wildman–Crippen MR) is 171 cm³/mol. The smallest absolute Gasteiger partial charge is 0.347 e. The first-order chi connectivity index (χ1) is 17.7. The van der Waals surface area contributed by atoms with Gasteiger partial charge in [-0.2, -0.15) is 15.0 Å². The van der Waals surface area contributed by atoms with Crippen LogP contribution in [0.5, 0.6) is 11.5 Å². The molecule has 2 fully saturated rings. The van der Waals surface area contributed by atoms with Gasteiger partial charge in [0.05, 0.1) is 0 Å². The van der Waals surface area contributed by atoms with Gasteiger partial charge in [-0.1, -0.05) is 18.2 Å².